The van der Waals surface area contributed by atoms with Crippen LogP contribution < -0.4 is 4.72 Å². The van der Waals surface area contributed by atoms with Crippen molar-refractivity contribution in [3.05, 3.63) is 29.8 Å². The van der Waals surface area contributed by atoms with Gasteiger partial charge in [-0.15, -0.1) is 0 Å². The molecule has 0 heterocycles. The van der Waals surface area contributed by atoms with Gasteiger partial charge in [0.2, 0.25) is 0 Å². The molecular weight excluding hydrogens is 216 g/mol. The van der Waals surface area contributed by atoms with Crippen LogP contribution in [0.5, 0.6) is 5.75 Å². The first-order valence-electron chi connectivity index (χ1n) is 4.37. The summed E-state index contributed by atoms with van der Waals surface area (Å²) in [5.41, 5.74) is 0.544. The van der Waals surface area contributed by atoms with Crippen LogP contribution in [0.3, 0.4) is 0 Å². The summed E-state index contributed by atoms with van der Waals surface area (Å²) in [5, 5.41) is 9.40. The van der Waals surface area contributed by atoms with Crippen molar-refractivity contribution in [2.24, 2.45) is 0 Å². The Morgan fingerprint density at radius 2 is 1.93 bits per heavy atom. The highest BCUT2D eigenvalue weighted by atomic mass is 32.2. The number of para-hydroxylation sites is 1. The maximum atomic E-state index is 11.3. The molecule has 0 aliphatic rings. The van der Waals surface area contributed by atoms with E-state index in [9.17, 15) is 13.5 Å². The Hall–Kier alpha value is -1.11. The number of nitrogens with one attached hydrogen (secondary N) is 1. The number of benzene rings is 1. The first kappa shape index (κ1) is 12.0. The molecule has 0 radical (unpaired) electrons. The van der Waals surface area contributed by atoms with Crippen LogP contribution in [-0.2, 0) is 16.8 Å². The standard InChI is InChI=1S/C9H14N2O3S/c1-11(2)15(13,14)10-7-8-5-3-4-6-9(8)12/h3-6,10,12H,7H2,1-2H3. The molecule has 1 aromatic carbocycles. The maximum Gasteiger partial charge on any atom is 0.279 e. The minimum atomic E-state index is -3.44. The number of phenols is 1. The smallest absolute Gasteiger partial charge is 0.279 e. The van der Waals surface area contributed by atoms with Gasteiger partial charge in [0.15, 0.2) is 0 Å². The summed E-state index contributed by atoms with van der Waals surface area (Å²) < 4.78 is 26.1. The number of hydrogen-bond donors (Lipinski definition) is 2. The first-order chi connectivity index (χ1) is 6.93. The zero-order chi connectivity index (χ0) is 11.5. The second kappa shape index (κ2) is 4.61. The third-order valence-corrected chi connectivity index (χ3v) is 3.39. The molecule has 84 valence electrons. The molecule has 6 heteroatoms. The van der Waals surface area contributed by atoms with Crippen LogP contribution >= 0.6 is 0 Å². The third kappa shape index (κ3) is 3.19. The van der Waals surface area contributed by atoms with E-state index in [4.69, 9.17) is 0 Å². The van der Waals surface area contributed by atoms with Crippen molar-refractivity contribution >= 4 is 10.2 Å². The lowest BCUT2D eigenvalue weighted by molar-refractivity contribution is 0.465. The fourth-order valence-electron chi connectivity index (χ4n) is 0.958. The lowest BCUT2D eigenvalue weighted by Crippen LogP contribution is -2.35. The molecule has 1 rings (SSSR count). The van der Waals surface area contributed by atoms with Crippen molar-refractivity contribution in [2.75, 3.05) is 14.1 Å². The average molecular weight is 230 g/mol. The number of rotatable bonds is 4. The Morgan fingerprint density at radius 1 is 1.33 bits per heavy atom. The monoisotopic (exact) mass is 230 g/mol. The molecule has 0 saturated carbocycles. The second-order valence-electron chi connectivity index (χ2n) is 3.24. The summed E-state index contributed by atoms with van der Waals surface area (Å²) >= 11 is 0. The zero-order valence-corrected chi connectivity index (χ0v) is 9.45. The van der Waals surface area contributed by atoms with Gasteiger partial charge in [-0.3, -0.25) is 0 Å². The SMILES string of the molecule is CN(C)S(=O)(=O)NCc1ccccc1O. The molecule has 0 spiro atoms. The number of aromatic hydroxyl groups is 1. The van der Waals surface area contributed by atoms with Crippen molar-refractivity contribution in [3.8, 4) is 5.75 Å². The number of nitrogens with zero attached hydrogens (tertiary/aromatic N) is 1. The molecule has 0 aromatic heterocycles. The van der Waals surface area contributed by atoms with Crippen molar-refractivity contribution in [2.45, 2.75) is 6.54 Å². The van der Waals surface area contributed by atoms with Crippen LogP contribution in [0.2, 0.25) is 0 Å². The lowest BCUT2D eigenvalue weighted by atomic mass is 10.2. The predicted octanol–water partition coefficient (Wildman–Crippen LogP) is 0.288. The van der Waals surface area contributed by atoms with Crippen molar-refractivity contribution in [1.82, 2.24) is 9.03 Å². The Morgan fingerprint density at radius 3 is 2.47 bits per heavy atom. The maximum absolute atomic E-state index is 11.3. The van der Waals surface area contributed by atoms with E-state index >= 15 is 0 Å². The molecule has 0 aliphatic carbocycles. The second-order valence-corrected chi connectivity index (χ2v) is 5.21. The summed E-state index contributed by atoms with van der Waals surface area (Å²) in [6.07, 6.45) is 0. The zero-order valence-electron chi connectivity index (χ0n) is 8.64. The van der Waals surface area contributed by atoms with Gasteiger partial charge in [-0.05, 0) is 6.07 Å². The predicted molar refractivity (Wildman–Crippen MR) is 57.6 cm³/mol. The Kier molecular flexibility index (Phi) is 3.67. The summed E-state index contributed by atoms with van der Waals surface area (Å²) in [6, 6.07) is 6.59. The van der Waals surface area contributed by atoms with Crippen molar-refractivity contribution < 1.29 is 13.5 Å². The first-order valence-corrected chi connectivity index (χ1v) is 5.81. The largest absolute Gasteiger partial charge is 0.508 e. The topological polar surface area (TPSA) is 69.6 Å². The summed E-state index contributed by atoms with van der Waals surface area (Å²) in [6.45, 7) is 0.0766. The Bertz CT molecular complexity index is 429. The molecule has 0 saturated heterocycles. The summed E-state index contributed by atoms with van der Waals surface area (Å²) in [4.78, 5) is 0. The molecule has 0 aliphatic heterocycles. The van der Waals surface area contributed by atoms with Crippen molar-refractivity contribution in [1.29, 1.82) is 0 Å². The Balaban J connectivity index is 2.70. The van der Waals surface area contributed by atoms with Gasteiger partial charge in [0.05, 0.1) is 0 Å². The average Bonchev–Trinajstić information content (AvgIpc) is 2.16. The van der Waals surface area contributed by atoms with E-state index in [-0.39, 0.29) is 12.3 Å². The molecular formula is C9H14N2O3S. The fourth-order valence-corrected chi connectivity index (χ4v) is 1.55. The molecule has 15 heavy (non-hydrogen) atoms. The normalized spacial score (nSPS) is 11.9. The molecule has 2 N–H and O–H groups in total. The molecule has 5 nitrogen and oxygen atoms in total. The molecule has 0 unspecified atom stereocenters. The van der Waals surface area contributed by atoms with Gasteiger partial charge in [0.1, 0.15) is 5.75 Å². The van der Waals surface area contributed by atoms with Crippen LogP contribution in [-0.4, -0.2) is 31.9 Å². The minimum absolute atomic E-state index is 0.0766. The molecule has 0 amide bonds. The van der Waals surface area contributed by atoms with E-state index in [0.29, 0.717) is 5.56 Å². The van der Waals surface area contributed by atoms with Gasteiger partial charge in [-0.1, -0.05) is 18.2 Å². The van der Waals surface area contributed by atoms with E-state index in [1.165, 1.54) is 20.2 Å². The highest BCUT2D eigenvalue weighted by Gasteiger charge is 2.12. The lowest BCUT2D eigenvalue weighted by Gasteiger charge is -2.12. The summed E-state index contributed by atoms with van der Waals surface area (Å²) in [5.74, 6) is 0.0824. The molecule has 1 aromatic rings. The minimum Gasteiger partial charge on any atom is -0.508 e. The van der Waals surface area contributed by atoms with Gasteiger partial charge in [-0.25, -0.2) is 0 Å². The van der Waals surface area contributed by atoms with Crippen LogP contribution in [0.25, 0.3) is 0 Å². The number of phenolic OH excluding ortho intramolecular Hbond substituents is 1. The van der Waals surface area contributed by atoms with Crippen LogP contribution in [0.15, 0.2) is 24.3 Å². The van der Waals surface area contributed by atoms with Gasteiger partial charge < -0.3 is 5.11 Å². The quantitative estimate of drug-likeness (QED) is 0.781. The van der Waals surface area contributed by atoms with E-state index in [1.54, 1.807) is 18.2 Å². The highest BCUT2D eigenvalue weighted by Crippen LogP contribution is 2.15. The van der Waals surface area contributed by atoms with Crippen LogP contribution in [0.4, 0.5) is 0 Å². The van der Waals surface area contributed by atoms with E-state index in [1.807, 2.05) is 0 Å². The van der Waals surface area contributed by atoms with Gasteiger partial charge in [-0.2, -0.15) is 17.4 Å². The molecule has 0 bridgehead atoms. The van der Waals surface area contributed by atoms with Crippen molar-refractivity contribution in [3.63, 3.8) is 0 Å². The van der Waals surface area contributed by atoms with E-state index < -0.39 is 10.2 Å². The van der Waals surface area contributed by atoms with E-state index in [2.05, 4.69) is 4.72 Å². The van der Waals surface area contributed by atoms with E-state index in [0.717, 1.165) is 4.31 Å². The molecule has 0 fully saturated rings. The number of hydrogen-bond acceptors (Lipinski definition) is 3. The third-order valence-electron chi connectivity index (χ3n) is 1.92. The highest BCUT2D eigenvalue weighted by molar-refractivity contribution is 7.87. The fraction of sp³-hybridized carbons (Fsp3) is 0.333. The Labute approximate surface area is 89.5 Å². The van der Waals surface area contributed by atoms with Gasteiger partial charge in [0.25, 0.3) is 10.2 Å². The van der Waals surface area contributed by atoms with Crippen LogP contribution in [0, 0.1) is 0 Å². The van der Waals surface area contributed by atoms with Gasteiger partial charge >= 0.3 is 0 Å². The molecule has 0 atom stereocenters. The van der Waals surface area contributed by atoms with Gasteiger partial charge in [0, 0.05) is 26.2 Å². The summed E-state index contributed by atoms with van der Waals surface area (Å²) in [7, 11) is -0.566. The van der Waals surface area contributed by atoms with Crippen LogP contribution in [0.1, 0.15) is 5.56 Å².